The summed E-state index contributed by atoms with van der Waals surface area (Å²) >= 11 is 0. The molecular formula is C25H20N4O4. The van der Waals surface area contributed by atoms with Crippen LogP contribution in [-0.4, -0.2) is 28.1 Å². The van der Waals surface area contributed by atoms with Crippen molar-refractivity contribution >= 4 is 29.1 Å². The summed E-state index contributed by atoms with van der Waals surface area (Å²) in [5, 5.41) is 3.93. The zero-order valence-electron chi connectivity index (χ0n) is 17.5. The number of nitrogens with one attached hydrogen (secondary N) is 2. The topological polar surface area (TPSA) is 114 Å². The van der Waals surface area contributed by atoms with Crippen molar-refractivity contribution < 1.29 is 14.3 Å². The number of benzene rings is 3. The number of H-pyrrole nitrogens is 1. The number of esters is 1. The van der Waals surface area contributed by atoms with Gasteiger partial charge in [-0.05, 0) is 54.1 Å². The predicted molar refractivity (Wildman–Crippen MR) is 124 cm³/mol. The number of aromatic nitrogens is 2. The van der Waals surface area contributed by atoms with Crippen LogP contribution in [0.4, 0.5) is 0 Å². The van der Waals surface area contributed by atoms with Crippen LogP contribution in [0.25, 0.3) is 11.0 Å². The lowest BCUT2D eigenvalue weighted by Crippen LogP contribution is -2.21. The van der Waals surface area contributed by atoms with E-state index in [2.05, 4.69) is 20.5 Å². The Morgan fingerprint density at radius 1 is 0.970 bits per heavy atom. The summed E-state index contributed by atoms with van der Waals surface area (Å²) in [5.41, 5.74) is 4.92. The monoisotopic (exact) mass is 440 g/mol. The lowest BCUT2D eigenvalue weighted by molar-refractivity contribution is -0.121. The predicted octanol–water partition coefficient (Wildman–Crippen LogP) is 3.23. The summed E-state index contributed by atoms with van der Waals surface area (Å²) in [7, 11) is 0. The average molecular weight is 440 g/mol. The molecule has 0 saturated heterocycles. The third-order valence-electron chi connectivity index (χ3n) is 4.76. The summed E-state index contributed by atoms with van der Waals surface area (Å²) in [6, 6.07) is 22.6. The van der Waals surface area contributed by atoms with Gasteiger partial charge in [-0.25, -0.2) is 15.2 Å². The first-order valence-corrected chi connectivity index (χ1v) is 10.3. The Kier molecular flexibility index (Phi) is 6.65. The van der Waals surface area contributed by atoms with Gasteiger partial charge in [0.15, 0.2) is 0 Å². The fraction of sp³-hybridized carbons (Fsp3) is 0.0800. The van der Waals surface area contributed by atoms with Gasteiger partial charge in [-0.15, -0.1) is 0 Å². The maximum Gasteiger partial charge on any atom is 0.343 e. The number of fused-ring (bicyclic) bond motifs is 1. The largest absolute Gasteiger partial charge is 0.423 e. The quantitative estimate of drug-likeness (QED) is 0.198. The van der Waals surface area contributed by atoms with Gasteiger partial charge < -0.3 is 9.72 Å². The van der Waals surface area contributed by atoms with Crippen molar-refractivity contribution in [3.8, 4) is 5.75 Å². The van der Waals surface area contributed by atoms with Crippen LogP contribution >= 0.6 is 0 Å². The van der Waals surface area contributed by atoms with E-state index in [-0.39, 0.29) is 24.3 Å². The van der Waals surface area contributed by atoms with Crippen molar-refractivity contribution in [2.24, 2.45) is 5.10 Å². The van der Waals surface area contributed by atoms with Crippen molar-refractivity contribution in [1.82, 2.24) is 15.4 Å². The Morgan fingerprint density at radius 3 is 2.48 bits per heavy atom. The first-order valence-electron chi connectivity index (χ1n) is 10.3. The van der Waals surface area contributed by atoms with Crippen molar-refractivity contribution in [2.45, 2.75) is 12.8 Å². The number of carbonyl (C=O) groups excluding carboxylic acids is 2. The minimum atomic E-state index is -0.441. The Morgan fingerprint density at radius 2 is 1.70 bits per heavy atom. The SMILES string of the molecule is O=C(CCc1nc2ccccc2[nH]c1=O)N/N=C\c1ccc(OC(=O)c2ccccc2)cc1. The van der Waals surface area contributed by atoms with E-state index in [9.17, 15) is 14.4 Å². The normalized spacial score (nSPS) is 10.9. The molecule has 164 valence electrons. The van der Waals surface area contributed by atoms with E-state index >= 15 is 0 Å². The van der Waals surface area contributed by atoms with Gasteiger partial charge in [0.05, 0.1) is 22.8 Å². The number of nitrogens with zero attached hydrogens (tertiary/aromatic N) is 2. The van der Waals surface area contributed by atoms with Crippen LogP contribution in [0.1, 0.15) is 28.0 Å². The molecule has 0 aliphatic heterocycles. The molecule has 0 fully saturated rings. The highest BCUT2D eigenvalue weighted by atomic mass is 16.5. The molecule has 0 aliphatic carbocycles. The second-order valence-electron chi connectivity index (χ2n) is 7.15. The minimum absolute atomic E-state index is 0.0696. The van der Waals surface area contributed by atoms with Gasteiger partial charge in [-0.2, -0.15) is 5.10 Å². The molecule has 1 heterocycles. The molecule has 0 atom stereocenters. The molecule has 33 heavy (non-hydrogen) atoms. The number of amides is 1. The Hall–Kier alpha value is -4.59. The van der Waals surface area contributed by atoms with Crippen LogP contribution in [0.5, 0.6) is 5.75 Å². The number of hydrazone groups is 1. The summed E-state index contributed by atoms with van der Waals surface area (Å²) < 4.78 is 5.32. The first kappa shape index (κ1) is 21.6. The average Bonchev–Trinajstić information content (AvgIpc) is 2.84. The number of carbonyl (C=O) groups is 2. The molecule has 4 aromatic rings. The highest BCUT2D eigenvalue weighted by Crippen LogP contribution is 2.13. The highest BCUT2D eigenvalue weighted by molar-refractivity contribution is 5.91. The smallest absolute Gasteiger partial charge is 0.343 e. The number of aromatic amines is 1. The maximum atomic E-state index is 12.1. The lowest BCUT2D eigenvalue weighted by Gasteiger charge is -2.04. The van der Waals surface area contributed by atoms with Crippen molar-refractivity contribution in [1.29, 1.82) is 0 Å². The number of aryl methyl sites for hydroxylation is 1. The molecule has 1 aromatic heterocycles. The van der Waals surface area contributed by atoms with E-state index in [4.69, 9.17) is 4.74 Å². The fourth-order valence-corrected chi connectivity index (χ4v) is 3.07. The summed E-state index contributed by atoms with van der Waals surface area (Å²) in [4.78, 5) is 43.3. The van der Waals surface area contributed by atoms with Crippen molar-refractivity contribution in [3.05, 3.63) is 106 Å². The van der Waals surface area contributed by atoms with E-state index < -0.39 is 5.97 Å². The Balaban J connectivity index is 1.27. The molecular weight excluding hydrogens is 420 g/mol. The van der Waals surface area contributed by atoms with Crippen LogP contribution in [0.15, 0.2) is 88.8 Å². The Labute approximate surface area is 189 Å². The molecule has 0 unspecified atom stereocenters. The summed E-state index contributed by atoms with van der Waals surface area (Å²) in [6.07, 6.45) is 1.74. The molecule has 0 bridgehead atoms. The molecule has 8 nitrogen and oxygen atoms in total. The van der Waals surface area contributed by atoms with Gasteiger partial charge in [-0.3, -0.25) is 9.59 Å². The van der Waals surface area contributed by atoms with Gasteiger partial charge in [-0.1, -0.05) is 30.3 Å². The fourth-order valence-electron chi connectivity index (χ4n) is 3.07. The third-order valence-corrected chi connectivity index (χ3v) is 4.76. The lowest BCUT2D eigenvalue weighted by atomic mass is 10.2. The summed E-state index contributed by atoms with van der Waals surface area (Å²) in [5.74, 6) is -0.379. The zero-order valence-corrected chi connectivity index (χ0v) is 17.5. The minimum Gasteiger partial charge on any atom is -0.423 e. The van der Waals surface area contributed by atoms with E-state index in [0.29, 0.717) is 33.6 Å². The molecule has 0 saturated carbocycles. The molecule has 0 aliphatic rings. The Bertz CT molecular complexity index is 1360. The number of hydrogen-bond acceptors (Lipinski definition) is 6. The maximum absolute atomic E-state index is 12.1. The highest BCUT2D eigenvalue weighted by Gasteiger charge is 2.09. The van der Waals surface area contributed by atoms with Gasteiger partial charge in [0.1, 0.15) is 11.4 Å². The van der Waals surface area contributed by atoms with Crippen LogP contribution in [0.2, 0.25) is 0 Å². The molecule has 0 radical (unpaired) electrons. The molecule has 0 spiro atoms. The van der Waals surface area contributed by atoms with Crippen LogP contribution in [0, 0.1) is 0 Å². The number of hydrogen-bond donors (Lipinski definition) is 2. The van der Waals surface area contributed by atoms with Crippen molar-refractivity contribution in [2.75, 3.05) is 0 Å². The van der Waals surface area contributed by atoms with Gasteiger partial charge in [0, 0.05) is 12.8 Å². The standard InChI is InChI=1S/C25H20N4O4/c30-23(15-14-22-24(31)28-21-9-5-4-8-20(21)27-22)29-26-16-17-10-12-19(13-11-17)33-25(32)18-6-2-1-3-7-18/h1-13,16H,14-15H2,(H,28,31)(H,29,30)/b26-16-. The van der Waals surface area contributed by atoms with Gasteiger partial charge in [0.2, 0.25) is 5.91 Å². The van der Waals surface area contributed by atoms with E-state index in [0.717, 1.165) is 0 Å². The number of ether oxygens (including phenoxy) is 1. The van der Waals surface area contributed by atoms with Crippen molar-refractivity contribution in [3.63, 3.8) is 0 Å². The van der Waals surface area contributed by atoms with E-state index in [1.807, 2.05) is 18.2 Å². The second-order valence-corrected chi connectivity index (χ2v) is 7.15. The molecule has 4 rings (SSSR count). The van der Waals surface area contributed by atoms with Crippen LogP contribution in [0.3, 0.4) is 0 Å². The van der Waals surface area contributed by atoms with E-state index in [1.54, 1.807) is 60.7 Å². The molecule has 1 amide bonds. The first-order chi connectivity index (χ1) is 16.1. The third kappa shape index (κ3) is 5.76. The zero-order chi connectivity index (χ0) is 23.0. The molecule has 2 N–H and O–H groups in total. The van der Waals surface area contributed by atoms with Gasteiger partial charge >= 0.3 is 5.97 Å². The second kappa shape index (κ2) is 10.1. The number of rotatable bonds is 7. The molecule has 3 aromatic carbocycles. The van der Waals surface area contributed by atoms with E-state index in [1.165, 1.54) is 6.21 Å². The van der Waals surface area contributed by atoms with Crippen LogP contribution < -0.4 is 15.7 Å². The van der Waals surface area contributed by atoms with Crippen LogP contribution in [-0.2, 0) is 11.2 Å². The van der Waals surface area contributed by atoms with Gasteiger partial charge in [0.25, 0.3) is 5.56 Å². The number of para-hydroxylation sites is 2. The molecule has 8 heteroatoms. The summed E-state index contributed by atoms with van der Waals surface area (Å²) in [6.45, 7) is 0.